The maximum Gasteiger partial charge on any atom is 0.298 e. The number of aliphatic hydroxyl groups is 1. The normalized spacial score (nSPS) is 16.4. The fraction of sp³-hybridized carbons (Fsp3) is 0.316. The number of halogens is 2. The van der Waals surface area contributed by atoms with Crippen LogP contribution in [-0.4, -0.2) is 73.1 Å². The molecule has 0 saturated carbocycles. The third-order valence-corrected chi connectivity index (χ3v) is 11.1. The average molecular weight is 740 g/mol. The number of likely N-dealkylation sites (tertiary alicyclic amines) is 1. The topological polar surface area (TPSA) is 140 Å². The maximum absolute atomic E-state index is 14.9. The number of fused-ring (bicyclic) bond motifs is 2. The van der Waals surface area contributed by atoms with E-state index >= 15 is 0 Å². The minimum atomic E-state index is -1.60. The van der Waals surface area contributed by atoms with Crippen LogP contribution in [0.4, 0.5) is 26.0 Å². The maximum atomic E-state index is 14.9. The Balaban J connectivity index is 0.935. The molecule has 8 rings (SSSR count). The monoisotopic (exact) mass is 739 g/mol. The molecule has 5 heterocycles. The van der Waals surface area contributed by atoms with Crippen LogP contribution in [0.15, 0.2) is 90.2 Å². The molecule has 2 aliphatic rings. The first-order valence-electron chi connectivity index (χ1n) is 17.6. The summed E-state index contributed by atoms with van der Waals surface area (Å²) in [6.45, 7) is 3.92. The van der Waals surface area contributed by atoms with Crippen molar-refractivity contribution in [3.05, 3.63) is 118 Å². The molecular weight excluding hydrogens is 701 g/mol. The molecule has 0 bridgehead atoms. The summed E-state index contributed by atoms with van der Waals surface area (Å²) >= 11 is 1.50. The van der Waals surface area contributed by atoms with Crippen LogP contribution in [0, 0.1) is 11.6 Å². The van der Waals surface area contributed by atoms with Gasteiger partial charge in [-0.05, 0) is 74.8 Å². The standard InChI is InChI=1S/C38H39F2N9O3S/c39-25-6-8-30(31(40)18-25)38(51,22-47-24-42-23-44-47)12-15-46-13-10-26(11-14-46)43-21-29-20-33-36(53-29)45-35(41)37(50)49(33)28-7-9-34-32(19-28)48(16-17-52-34)27-4-2-1-3-5-27/h1-9,18-20,23-24,26,43,51H,10-17,21-22H2,(H2,41,45)/t38-/m0/s1. The number of hydrogen-bond acceptors (Lipinski definition) is 11. The van der Waals surface area contributed by atoms with E-state index in [0.29, 0.717) is 42.3 Å². The summed E-state index contributed by atoms with van der Waals surface area (Å²) in [5.41, 5.74) is 7.52. The predicted molar refractivity (Wildman–Crippen MR) is 200 cm³/mol. The minimum absolute atomic E-state index is 0.00982. The molecule has 53 heavy (non-hydrogen) atoms. The number of hydrogen-bond donors (Lipinski definition) is 3. The number of piperidine rings is 1. The van der Waals surface area contributed by atoms with Gasteiger partial charge in [0.1, 0.15) is 47.1 Å². The number of nitrogen functional groups attached to an aromatic ring is 1. The van der Waals surface area contributed by atoms with Gasteiger partial charge in [-0.2, -0.15) is 5.10 Å². The Labute approximate surface area is 308 Å². The molecule has 3 aromatic carbocycles. The van der Waals surface area contributed by atoms with Gasteiger partial charge in [0.05, 0.1) is 30.0 Å². The van der Waals surface area contributed by atoms with Gasteiger partial charge in [-0.3, -0.25) is 9.36 Å². The van der Waals surface area contributed by atoms with Crippen LogP contribution in [0.25, 0.3) is 16.0 Å². The summed E-state index contributed by atoms with van der Waals surface area (Å²) in [6, 6.07) is 21.4. The van der Waals surface area contributed by atoms with Gasteiger partial charge in [-0.25, -0.2) is 23.4 Å². The highest BCUT2D eigenvalue weighted by molar-refractivity contribution is 7.18. The van der Waals surface area contributed by atoms with Crippen molar-refractivity contribution >= 4 is 38.9 Å². The zero-order chi connectivity index (χ0) is 36.5. The average Bonchev–Trinajstić information content (AvgIpc) is 3.83. The molecule has 0 spiro atoms. The molecule has 274 valence electrons. The molecule has 15 heteroatoms. The third kappa shape index (κ3) is 7.25. The number of rotatable bonds is 11. The Morgan fingerprint density at radius 3 is 2.62 bits per heavy atom. The first-order chi connectivity index (χ1) is 25.7. The Morgan fingerprint density at radius 1 is 1.02 bits per heavy atom. The molecule has 2 aliphatic heterocycles. The van der Waals surface area contributed by atoms with Gasteiger partial charge in [0.15, 0.2) is 5.82 Å². The Morgan fingerprint density at radius 2 is 1.85 bits per heavy atom. The first kappa shape index (κ1) is 34.8. The third-order valence-electron chi connectivity index (χ3n) is 10.1. The van der Waals surface area contributed by atoms with Crippen molar-refractivity contribution in [3.8, 4) is 11.4 Å². The number of nitrogens with two attached hydrogens (primary N) is 1. The van der Waals surface area contributed by atoms with Crippen LogP contribution in [0.3, 0.4) is 0 Å². The molecule has 6 aromatic rings. The zero-order valence-corrected chi connectivity index (χ0v) is 29.7. The van der Waals surface area contributed by atoms with Gasteiger partial charge in [0.2, 0.25) is 0 Å². The van der Waals surface area contributed by atoms with E-state index in [1.165, 1.54) is 34.7 Å². The molecule has 1 atom stereocenters. The second-order valence-electron chi connectivity index (χ2n) is 13.5. The van der Waals surface area contributed by atoms with E-state index in [9.17, 15) is 18.7 Å². The highest BCUT2D eigenvalue weighted by atomic mass is 32.1. The second-order valence-corrected chi connectivity index (χ2v) is 14.6. The number of anilines is 3. The van der Waals surface area contributed by atoms with Crippen molar-refractivity contribution in [1.82, 2.24) is 34.5 Å². The summed E-state index contributed by atoms with van der Waals surface area (Å²) in [5, 5.41) is 19.5. The summed E-state index contributed by atoms with van der Waals surface area (Å²) in [6.07, 6.45) is 4.81. The SMILES string of the molecule is Nc1nc2sc(CNC3CCN(CC[C@](O)(Cn4cncn4)c4ccc(F)cc4F)CC3)cc2n(-c2ccc3c(c2)N(c2ccccc2)CCO3)c1=O. The molecule has 3 aromatic heterocycles. The molecule has 1 saturated heterocycles. The van der Waals surface area contributed by atoms with Gasteiger partial charge in [-0.15, -0.1) is 11.3 Å². The Bertz CT molecular complexity index is 2280. The van der Waals surface area contributed by atoms with Crippen LogP contribution >= 0.6 is 11.3 Å². The quantitative estimate of drug-likeness (QED) is 0.167. The lowest BCUT2D eigenvalue weighted by Gasteiger charge is -2.35. The van der Waals surface area contributed by atoms with E-state index in [0.717, 1.165) is 60.1 Å². The van der Waals surface area contributed by atoms with E-state index in [2.05, 4.69) is 42.3 Å². The van der Waals surface area contributed by atoms with Gasteiger partial charge in [0, 0.05) is 41.3 Å². The predicted octanol–water partition coefficient (Wildman–Crippen LogP) is 4.96. The second kappa shape index (κ2) is 14.7. The van der Waals surface area contributed by atoms with Gasteiger partial charge in [-0.1, -0.05) is 24.3 Å². The lowest BCUT2D eigenvalue weighted by Crippen LogP contribution is -2.44. The van der Waals surface area contributed by atoms with E-state index in [4.69, 9.17) is 10.5 Å². The van der Waals surface area contributed by atoms with Crippen molar-refractivity contribution in [3.63, 3.8) is 0 Å². The number of nitrogens with one attached hydrogen (secondary N) is 1. The number of para-hydroxylation sites is 1. The van der Waals surface area contributed by atoms with E-state index in [1.54, 1.807) is 4.57 Å². The molecule has 0 amide bonds. The smallest absolute Gasteiger partial charge is 0.298 e. The number of thiophene rings is 1. The van der Waals surface area contributed by atoms with Crippen molar-refractivity contribution in [2.75, 3.05) is 43.4 Å². The van der Waals surface area contributed by atoms with E-state index < -0.39 is 17.2 Å². The summed E-state index contributed by atoms with van der Waals surface area (Å²) in [4.78, 5) is 28.0. The van der Waals surface area contributed by atoms with Crippen molar-refractivity contribution in [1.29, 1.82) is 0 Å². The number of nitrogens with zero attached hydrogens (tertiary/aromatic N) is 7. The summed E-state index contributed by atoms with van der Waals surface area (Å²) in [5.74, 6) is -0.801. The van der Waals surface area contributed by atoms with Crippen molar-refractivity contribution in [2.24, 2.45) is 0 Å². The lowest BCUT2D eigenvalue weighted by atomic mass is 9.89. The number of aromatic nitrogens is 5. The molecular formula is C38H39F2N9O3S. The Hall–Kier alpha value is -5.22. The molecule has 0 unspecified atom stereocenters. The minimum Gasteiger partial charge on any atom is -0.490 e. The highest BCUT2D eigenvalue weighted by Crippen LogP contribution is 2.39. The molecule has 4 N–H and O–H groups in total. The van der Waals surface area contributed by atoms with Crippen molar-refractivity contribution in [2.45, 2.75) is 44.0 Å². The van der Waals surface area contributed by atoms with Crippen LogP contribution in [0.5, 0.6) is 5.75 Å². The van der Waals surface area contributed by atoms with E-state index in [1.807, 2.05) is 42.5 Å². The van der Waals surface area contributed by atoms with Crippen LogP contribution in [0.2, 0.25) is 0 Å². The fourth-order valence-corrected chi connectivity index (χ4v) is 8.28. The van der Waals surface area contributed by atoms with Crippen LogP contribution < -0.4 is 26.2 Å². The highest BCUT2D eigenvalue weighted by Gasteiger charge is 2.34. The molecule has 1 fully saturated rings. The molecule has 12 nitrogen and oxygen atoms in total. The van der Waals surface area contributed by atoms with Crippen LogP contribution in [-0.2, 0) is 18.7 Å². The Kier molecular flexibility index (Phi) is 9.64. The fourth-order valence-electron chi connectivity index (χ4n) is 7.30. The van der Waals surface area contributed by atoms with Crippen molar-refractivity contribution < 1.29 is 18.6 Å². The van der Waals surface area contributed by atoms with Gasteiger partial charge >= 0.3 is 0 Å². The van der Waals surface area contributed by atoms with Gasteiger partial charge in [0.25, 0.3) is 5.56 Å². The number of benzene rings is 3. The largest absolute Gasteiger partial charge is 0.490 e. The van der Waals surface area contributed by atoms with Gasteiger partial charge < -0.3 is 30.7 Å². The molecule has 0 aliphatic carbocycles. The zero-order valence-electron chi connectivity index (χ0n) is 28.9. The number of ether oxygens (including phenoxy) is 1. The molecule has 0 radical (unpaired) electrons. The first-order valence-corrected chi connectivity index (χ1v) is 18.4. The van der Waals surface area contributed by atoms with Crippen LogP contribution in [0.1, 0.15) is 29.7 Å². The van der Waals surface area contributed by atoms with E-state index in [-0.39, 0.29) is 35.9 Å². The summed E-state index contributed by atoms with van der Waals surface area (Å²) in [7, 11) is 0. The lowest BCUT2D eigenvalue weighted by molar-refractivity contribution is -0.00765. The summed E-state index contributed by atoms with van der Waals surface area (Å²) < 4.78 is 37.6.